The normalized spacial score (nSPS) is 18.9. The van der Waals surface area contributed by atoms with E-state index in [1.807, 2.05) is 29.2 Å². The smallest absolute Gasteiger partial charge is 0.257 e. The molecule has 3 heterocycles. The lowest BCUT2D eigenvalue weighted by Crippen LogP contribution is -2.44. The van der Waals surface area contributed by atoms with Gasteiger partial charge in [-0.1, -0.05) is 30.7 Å². The van der Waals surface area contributed by atoms with Crippen molar-refractivity contribution in [3.63, 3.8) is 0 Å². The maximum absolute atomic E-state index is 13.4. The molecule has 34 heavy (non-hydrogen) atoms. The lowest BCUT2D eigenvalue weighted by atomic mass is 9.75. The molecular formula is C27H34N2O5. The monoisotopic (exact) mass is 466 g/mol. The molecule has 7 nitrogen and oxygen atoms in total. The van der Waals surface area contributed by atoms with Gasteiger partial charge in [0.1, 0.15) is 18.1 Å². The molecule has 2 bridgehead atoms. The molecule has 1 saturated heterocycles. The first-order chi connectivity index (χ1) is 16.6. The highest BCUT2D eigenvalue weighted by molar-refractivity contribution is 5.97. The first kappa shape index (κ1) is 24.1. The molecule has 0 saturated carbocycles. The fourth-order valence-corrected chi connectivity index (χ4v) is 4.99. The molecule has 2 amide bonds. The number of rotatable bonds is 3. The Morgan fingerprint density at radius 2 is 1.74 bits per heavy atom. The minimum absolute atomic E-state index is 0.0426. The first-order valence-corrected chi connectivity index (χ1v) is 12.1. The Hall–Kier alpha value is -3.06. The summed E-state index contributed by atoms with van der Waals surface area (Å²) in [6.07, 6.45) is 4.19. The number of carbonyl (C=O) groups is 2. The summed E-state index contributed by atoms with van der Waals surface area (Å²) in [6.45, 7) is 2.66. The number of amides is 2. The maximum atomic E-state index is 13.4. The zero-order valence-electron chi connectivity index (χ0n) is 19.9. The fourth-order valence-electron chi connectivity index (χ4n) is 4.99. The molecule has 0 radical (unpaired) electrons. The minimum Gasteiger partial charge on any atom is -0.496 e. The molecule has 0 aromatic heterocycles. The largest absolute Gasteiger partial charge is 0.496 e. The van der Waals surface area contributed by atoms with Crippen molar-refractivity contribution >= 4 is 11.8 Å². The number of hydrogen-bond acceptors (Lipinski definition) is 5. The Balaban J connectivity index is 1.59. The summed E-state index contributed by atoms with van der Waals surface area (Å²) in [7, 11) is 1.56. The number of aliphatic hydroxyl groups excluding tert-OH is 1. The summed E-state index contributed by atoms with van der Waals surface area (Å²) in [5.41, 5.74) is 0.901. The van der Waals surface area contributed by atoms with E-state index in [9.17, 15) is 14.7 Å². The van der Waals surface area contributed by atoms with Crippen molar-refractivity contribution in [1.29, 1.82) is 0 Å². The highest BCUT2D eigenvalue weighted by Gasteiger charge is 2.36. The van der Waals surface area contributed by atoms with Crippen LogP contribution in [0.25, 0.3) is 0 Å². The number of benzene rings is 2. The van der Waals surface area contributed by atoms with Gasteiger partial charge in [-0.2, -0.15) is 0 Å². The molecule has 0 spiro atoms. The molecule has 2 aromatic rings. The van der Waals surface area contributed by atoms with E-state index in [2.05, 4.69) is 0 Å². The van der Waals surface area contributed by atoms with E-state index >= 15 is 0 Å². The van der Waals surface area contributed by atoms with Crippen LogP contribution in [-0.2, 0) is 0 Å². The Morgan fingerprint density at radius 3 is 2.50 bits per heavy atom. The lowest BCUT2D eigenvalue weighted by molar-refractivity contribution is 0.0297. The van der Waals surface area contributed by atoms with Crippen LogP contribution in [0.15, 0.2) is 48.5 Å². The summed E-state index contributed by atoms with van der Waals surface area (Å²) in [4.78, 5) is 30.3. The van der Waals surface area contributed by atoms with Gasteiger partial charge in [0.25, 0.3) is 11.8 Å². The van der Waals surface area contributed by atoms with E-state index in [0.717, 1.165) is 32.1 Å². The maximum Gasteiger partial charge on any atom is 0.257 e. The predicted octanol–water partition coefficient (Wildman–Crippen LogP) is 3.62. The molecule has 3 aliphatic rings. The SMILES string of the molecule is COc1ccccc1C(=O)N1CCCCC2(CO)CCN(CC2)C(=O)c2ccccc2OCC1. The second-order valence-electron chi connectivity index (χ2n) is 9.24. The summed E-state index contributed by atoms with van der Waals surface area (Å²) < 4.78 is 11.5. The molecule has 182 valence electrons. The van der Waals surface area contributed by atoms with Crippen LogP contribution in [0.1, 0.15) is 52.8 Å². The molecular weight excluding hydrogens is 432 g/mol. The van der Waals surface area contributed by atoms with Crippen molar-refractivity contribution in [2.75, 3.05) is 46.5 Å². The summed E-state index contributed by atoms with van der Waals surface area (Å²) in [6, 6.07) is 14.5. The van der Waals surface area contributed by atoms with Gasteiger partial charge in [0, 0.05) is 26.2 Å². The summed E-state index contributed by atoms with van der Waals surface area (Å²) in [5.74, 6) is 0.939. The number of methoxy groups -OCH3 is 1. The zero-order valence-corrected chi connectivity index (χ0v) is 19.9. The minimum atomic E-state index is -0.162. The predicted molar refractivity (Wildman–Crippen MR) is 129 cm³/mol. The Labute approximate surface area is 201 Å². The van der Waals surface area contributed by atoms with E-state index in [-0.39, 0.29) is 30.4 Å². The number of fused-ring (bicyclic) bond motifs is 9. The quantitative estimate of drug-likeness (QED) is 0.748. The number of hydrogen-bond donors (Lipinski definition) is 1. The van der Waals surface area contributed by atoms with Gasteiger partial charge >= 0.3 is 0 Å². The van der Waals surface area contributed by atoms with Crippen LogP contribution in [0.5, 0.6) is 11.5 Å². The number of carbonyl (C=O) groups excluding carboxylic acids is 2. The van der Waals surface area contributed by atoms with Crippen LogP contribution in [0.4, 0.5) is 0 Å². The molecule has 1 fully saturated rings. The summed E-state index contributed by atoms with van der Waals surface area (Å²) >= 11 is 0. The first-order valence-electron chi connectivity index (χ1n) is 12.1. The highest BCUT2D eigenvalue weighted by atomic mass is 16.5. The Morgan fingerprint density at radius 1 is 1.00 bits per heavy atom. The number of nitrogens with zero attached hydrogens (tertiary/aromatic N) is 2. The van der Waals surface area contributed by atoms with Crippen LogP contribution >= 0.6 is 0 Å². The van der Waals surface area contributed by atoms with Crippen LogP contribution in [0.3, 0.4) is 0 Å². The van der Waals surface area contributed by atoms with Crippen molar-refractivity contribution < 1.29 is 24.2 Å². The average molecular weight is 467 g/mol. The third-order valence-corrected chi connectivity index (χ3v) is 7.19. The second kappa shape index (κ2) is 10.9. The van der Waals surface area contributed by atoms with E-state index in [4.69, 9.17) is 9.47 Å². The molecule has 2 aromatic carbocycles. The number of para-hydroxylation sites is 2. The van der Waals surface area contributed by atoms with Crippen molar-refractivity contribution in [3.05, 3.63) is 59.7 Å². The van der Waals surface area contributed by atoms with Crippen LogP contribution < -0.4 is 9.47 Å². The third-order valence-electron chi connectivity index (χ3n) is 7.19. The van der Waals surface area contributed by atoms with E-state index < -0.39 is 0 Å². The fraction of sp³-hybridized carbons (Fsp3) is 0.481. The van der Waals surface area contributed by atoms with Crippen molar-refractivity contribution in [2.24, 2.45) is 5.41 Å². The third kappa shape index (κ3) is 5.20. The zero-order chi connectivity index (χ0) is 24.0. The van der Waals surface area contributed by atoms with E-state index in [1.165, 1.54) is 0 Å². The molecule has 5 rings (SSSR count). The molecule has 1 N–H and O–H groups in total. The van der Waals surface area contributed by atoms with Gasteiger partial charge in [-0.25, -0.2) is 0 Å². The van der Waals surface area contributed by atoms with Crippen molar-refractivity contribution in [3.8, 4) is 11.5 Å². The van der Waals surface area contributed by atoms with Crippen molar-refractivity contribution in [1.82, 2.24) is 9.80 Å². The highest BCUT2D eigenvalue weighted by Crippen LogP contribution is 2.37. The number of aliphatic hydroxyl groups is 1. The van der Waals surface area contributed by atoms with Gasteiger partial charge in [-0.15, -0.1) is 0 Å². The molecule has 0 atom stereocenters. The van der Waals surface area contributed by atoms with Crippen LogP contribution in [0, 0.1) is 5.41 Å². The standard InChI is InChI=1S/C27H34N2O5/c1-33-23-10-4-2-8-21(23)25(31)28-15-7-6-12-27(20-30)13-16-29(17-14-27)26(32)22-9-3-5-11-24(22)34-19-18-28/h2-5,8-11,30H,6-7,12-20H2,1H3. The summed E-state index contributed by atoms with van der Waals surface area (Å²) in [5, 5.41) is 10.2. The van der Waals surface area contributed by atoms with Gasteiger partial charge in [0.05, 0.1) is 24.8 Å². The van der Waals surface area contributed by atoms with Gasteiger partial charge in [0.2, 0.25) is 0 Å². The van der Waals surface area contributed by atoms with Crippen molar-refractivity contribution in [2.45, 2.75) is 32.1 Å². The van der Waals surface area contributed by atoms with Crippen LogP contribution in [0.2, 0.25) is 0 Å². The van der Waals surface area contributed by atoms with Crippen LogP contribution in [-0.4, -0.2) is 73.2 Å². The molecule has 3 aliphatic heterocycles. The van der Waals surface area contributed by atoms with E-state index in [1.54, 1.807) is 36.3 Å². The van der Waals surface area contributed by atoms with E-state index in [0.29, 0.717) is 48.8 Å². The topological polar surface area (TPSA) is 79.3 Å². The number of piperidine rings is 1. The average Bonchev–Trinajstić information content (AvgIpc) is 2.90. The Kier molecular flexibility index (Phi) is 7.73. The molecule has 0 unspecified atom stereocenters. The van der Waals surface area contributed by atoms with Gasteiger partial charge < -0.3 is 24.4 Å². The Bertz CT molecular complexity index is 1000. The second-order valence-corrected chi connectivity index (χ2v) is 9.24. The molecule has 0 aliphatic carbocycles. The van der Waals surface area contributed by atoms with Gasteiger partial charge in [-0.3, -0.25) is 9.59 Å². The molecule has 7 heteroatoms. The van der Waals surface area contributed by atoms with Gasteiger partial charge in [-0.05, 0) is 55.4 Å². The van der Waals surface area contributed by atoms with Gasteiger partial charge in [0.15, 0.2) is 0 Å². The number of ether oxygens (including phenoxy) is 2. The lowest BCUT2D eigenvalue weighted by Gasteiger charge is -2.41.